The summed E-state index contributed by atoms with van der Waals surface area (Å²) in [5.41, 5.74) is 0.499. The first-order valence-electron chi connectivity index (χ1n) is 8.12. The molecule has 0 saturated carbocycles. The molecule has 0 unspecified atom stereocenters. The summed E-state index contributed by atoms with van der Waals surface area (Å²) >= 11 is 5.73. The van der Waals surface area contributed by atoms with Crippen LogP contribution >= 0.6 is 11.6 Å². The Morgan fingerprint density at radius 3 is 2.57 bits per heavy atom. The molecule has 0 bridgehead atoms. The highest BCUT2D eigenvalue weighted by Gasteiger charge is 2.32. The van der Waals surface area contributed by atoms with E-state index in [-0.39, 0.29) is 17.3 Å². The lowest BCUT2D eigenvalue weighted by molar-refractivity contribution is -0.137. The zero-order chi connectivity index (χ0) is 19.9. The van der Waals surface area contributed by atoms with Crippen LogP contribution in [0.3, 0.4) is 0 Å². The molecule has 0 fully saturated rings. The largest absolute Gasteiger partial charge is 0.453 e. The lowest BCUT2D eigenvalue weighted by Gasteiger charge is -2.10. The van der Waals surface area contributed by atoms with Gasteiger partial charge in [-0.05, 0) is 59.5 Å². The first-order chi connectivity index (χ1) is 13.3. The monoisotopic (exact) mass is 410 g/mol. The number of aryl methyl sites for hydroxylation is 2. The molecule has 4 aromatic rings. The van der Waals surface area contributed by atoms with Gasteiger partial charge in [-0.15, -0.1) is 10.2 Å². The van der Waals surface area contributed by atoms with Crippen LogP contribution in [0.15, 0.2) is 40.8 Å². The Morgan fingerprint density at radius 1 is 1.07 bits per heavy atom. The molecule has 4 rings (SSSR count). The molecule has 0 amide bonds. The highest BCUT2D eigenvalue weighted by molar-refractivity contribution is 6.31. The van der Waals surface area contributed by atoms with Gasteiger partial charge in [0.15, 0.2) is 5.76 Å². The summed E-state index contributed by atoms with van der Waals surface area (Å²) in [5.74, 6) is 0.151. The molecule has 0 radical (unpaired) electrons. The number of tetrazole rings is 1. The summed E-state index contributed by atoms with van der Waals surface area (Å²) in [5, 5.41) is 13.5. The Balaban J connectivity index is 1.56. The molecular formula is C18H11ClF4N4O. The van der Waals surface area contributed by atoms with Gasteiger partial charge in [-0.2, -0.15) is 18.4 Å². The van der Waals surface area contributed by atoms with E-state index in [9.17, 15) is 17.6 Å². The zero-order valence-corrected chi connectivity index (χ0v) is 14.8. The standard InChI is InChI=1S/C18H11ClF4N4O/c19-13-5-9(2-4-12(13)18(21,22)23)1-3-10-7-15-11(6-14(10)20)8-16(28-15)17-24-26-27-25-17/h2,4-8H,1,3H2,(H,24,25,26,27). The topological polar surface area (TPSA) is 67.6 Å². The van der Waals surface area contributed by atoms with Crippen LogP contribution in [0.5, 0.6) is 0 Å². The van der Waals surface area contributed by atoms with Crippen LogP contribution in [0.1, 0.15) is 16.7 Å². The van der Waals surface area contributed by atoms with Crippen LogP contribution in [0.25, 0.3) is 22.6 Å². The fourth-order valence-electron chi connectivity index (χ4n) is 2.89. The van der Waals surface area contributed by atoms with Crippen molar-refractivity contribution in [3.63, 3.8) is 0 Å². The second-order valence-electron chi connectivity index (χ2n) is 6.14. The fourth-order valence-corrected chi connectivity index (χ4v) is 3.20. The number of aromatic amines is 1. The van der Waals surface area contributed by atoms with Crippen molar-refractivity contribution in [3.05, 3.63) is 63.9 Å². The van der Waals surface area contributed by atoms with E-state index >= 15 is 0 Å². The van der Waals surface area contributed by atoms with Gasteiger partial charge in [0.2, 0.25) is 5.82 Å². The number of H-pyrrole nitrogens is 1. The van der Waals surface area contributed by atoms with E-state index in [4.69, 9.17) is 16.0 Å². The number of nitrogens with zero attached hydrogens (tertiary/aromatic N) is 3. The van der Waals surface area contributed by atoms with Gasteiger partial charge >= 0.3 is 6.18 Å². The molecule has 0 saturated heterocycles. The maximum atomic E-state index is 14.4. The molecule has 2 heterocycles. The van der Waals surface area contributed by atoms with E-state index in [2.05, 4.69) is 20.6 Å². The summed E-state index contributed by atoms with van der Waals surface area (Å²) in [7, 11) is 0. The molecule has 2 aromatic carbocycles. The molecule has 10 heteroatoms. The highest BCUT2D eigenvalue weighted by Crippen LogP contribution is 2.35. The second-order valence-corrected chi connectivity index (χ2v) is 6.55. The molecular weight excluding hydrogens is 400 g/mol. The third-order valence-corrected chi connectivity index (χ3v) is 4.59. The van der Waals surface area contributed by atoms with Crippen LogP contribution in [0.4, 0.5) is 17.6 Å². The second kappa shape index (κ2) is 6.90. The Kier molecular flexibility index (Phi) is 4.54. The first kappa shape index (κ1) is 18.4. The normalized spacial score (nSPS) is 12.0. The Morgan fingerprint density at radius 2 is 1.89 bits per heavy atom. The van der Waals surface area contributed by atoms with E-state index in [1.807, 2.05) is 0 Å². The Labute approximate surface area is 160 Å². The first-order valence-corrected chi connectivity index (χ1v) is 8.50. The van der Waals surface area contributed by atoms with E-state index in [1.165, 1.54) is 18.2 Å². The third-order valence-electron chi connectivity index (χ3n) is 4.27. The predicted octanol–water partition coefficient (Wildman–Crippen LogP) is 5.21. The summed E-state index contributed by atoms with van der Waals surface area (Å²) < 4.78 is 58.4. The van der Waals surface area contributed by atoms with Crippen molar-refractivity contribution < 1.29 is 22.0 Å². The van der Waals surface area contributed by atoms with Gasteiger partial charge in [0.1, 0.15) is 11.4 Å². The number of furan rings is 1. The number of hydrogen-bond donors (Lipinski definition) is 1. The fraction of sp³-hybridized carbons (Fsp3) is 0.167. The number of aromatic nitrogens is 4. The average molecular weight is 411 g/mol. The van der Waals surface area contributed by atoms with Gasteiger partial charge in [-0.3, -0.25) is 0 Å². The molecule has 0 aliphatic heterocycles. The smallest absolute Gasteiger partial charge is 0.417 e. The van der Waals surface area contributed by atoms with Crippen LogP contribution in [-0.2, 0) is 19.0 Å². The van der Waals surface area contributed by atoms with Crippen molar-refractivity contribution in [1.82, 2.24) is 20.6 Å². The van der Waals surface area contributed by atoms with E-state index in [0.29, 0.717) is 34.3 Å². The lowest BCUT2D eigenvalue weighted by Crippen LogP contribution is -2.06. The highest BCUT2D eigenvalue weighted by atomic mass is 35.5. The number of hydrogen-bond acceptors (Lipinski definition) is 4. The predicted molar refractivity (Wildman–Crippen MR) is 93.2 cm³/mol. The average Bonchev–Trinajstić information content (AvgIpc) is 3.27. The van der Waals surface area contributed by atoms with Crippen LogP contribution in [0, 0.1) is 5.82 Å². The van der Waals surface area contributed by atoms with Crippen molar-refractivity contribution in [2.75, 3.05) is 0 Å². The minimum Gasteiger partial charge on any atom is -0.453 e. The van der Waals surface area contributed by atoms with Gasteiger partial charge in [0.05, 0.1) is 10.6 Å². The van der Waals surface area contributed by atoms with E-state index < -0.39 is 17.6 Å². The van der Waals surface area contributed by atoms with Gasteiger partial charge in [0.25, 0.3) is 0 Å². The number of nitrogens with one attached hydrogen (secondary N) is 1. The van der Waals surface area contributed by atoms with Crippen LogP contribution < -0.4 is 0 Å². The van der Waals surface area contributed by atoms with Gasteiger partial charge in [0, 0.05) is 5.39 Å². The molecule has 0 spiro atoms. The molecule has 28 heavy (non-hydrogen) atoms. The Bertz CT molecular complexity index is 1140. The molecule has 0 atom stereocenters. The maximum absolute atomic E-state index is 14.4. The van der Waals surface area contributed by atoms with Crippen molar-refractivity contribution >= 4 is 22.6 Å². The van der Waals surface area contributed by atoms with Crippen molar-refractivity contribution in [1.29, 1.82) is 0 Å². The quantitative estimate of drug-likeness (QED) is 0.469. The van der Waals surface area contributed by atoms with Crippen molar-refractivity contribution in [2.24, 2.45) is 0 Å². The number of alkyl halides is 3. The minimum atomic E-state index is -4.51. The van der Waals surface area contributed by atoms with E-state index in [1.54, 1.807) is 12.1 Å². The SMILES string of the molecule is Fc1cc2cc(-c3nn[nH]n3)oc2cc1CCc1ccc(C(F)(F)F)c(Cl)c1. The van der Waals surface area contributed by atoms with Crippen molar-refractivity contribution in [3.8, 4) is 11.6 Å². The summed E-state index contributed by atoms with van der Waals surface area (Å²) in [6, 6.07) is 8.01. The molecule has 2 aromatic heterocycles. The number of rotatable bonds is 4. The summed E-state index contributed by atoms with van der Waals surface area (Å²) in [4.78, 5) is 0. The van der Waals surface area contributed by atoms with Crippen molar-refractivity contribution in [2.45, 2.75) is 19.0 Å². The zero-order valence-electron chi connectivity index (χ0n) is 14.0. The molecule has 1 N–H and O–H groups in total. The van der Waals surface area contributed by atoms with Crippen LogP contribution in [-0.4, -0.2) is 20.6 Å². The van der Waals surface area contributed by atoms with Gasteiger partial charge in [-0.1, -0.05) is 17.7 Å². The molecule has 144 valence electrons. The maximum Gasteiger partial charge on any atom is 0.417 e. The molecule has 0 aliphatic rings. The number of fused-ring (bicyclic) bond motifs is 1. The summed E-state index contributed by atoms with van der Waals surface area (Å²) in [6.07, 6.45) is -3.93. The van der Waals surface area contributed by atoms with E-state index in [0.717, 1.165) is 6.07 Å². The molecule has 0 aliphatic carbocycles. The number of benzene rings is 2. The van der Waals surface area contributed by atoms with Gasteiger partial charge in [-0.25, -0.2) is 4.39 Å². The molecule has 5 nitrogen and oxygen atoms in total. The number of halogens is 5. The third kappa shape index (κ3) is 3.57. The summed E-state index contributed by atoms with van der Waals surface area (Å²) in [6.45, 7) is 0. The minimum absolute atomic E-state index is 0.248. The van der Waals surface area contributed by atoms with Gasteiger partial charge < -0.3 is 4.42 Å². The van der Waals surface area contributed by atoms with Crippen LogP contribution in [0.2, 0.25) is 5.02 Å². The lowest BCUT2D eigenvalue weighted by atomic mass is 10.0. The Hall–Kier alpha value is -2.94.